The molecule has 1 aromatic rings. The van der Waals surface area contributed by atoms with Gasteiger partial charge in [0.25, 0.3) is 0 Å². The first-order valence-corrected chi connectivity index (χ1v) is 7.78. The molecule has 1 aromatic heterocycles. The van der Waals surface area contributed by atoms with E-state index in [1.165, 1.54) is 17.9 Å². The third-order valence-corrected chi connectivity index (χ3v) is 4.37. The molecule has 1 aliphatic rings. The highest BCUT2D eigenvalue weighted by molar-refractivity contribution is 5.78. The second-order valence-corrected chi connectivity index (χ2v) is 6.11. The van der Waals surface area contributed by atoms with E-state index in [2.05, 4.69) is 5.92 Å². The Hall–Kier alpha value is -1.94. The van der Waals surface area contributed by atoms with Crippen molar-refractivity contribution in [3.05, 3.63) is 23.7 Å². The Bertz CT molecular complexity index is 626. The summed E-state index contributed by atoms with van der Waals surface area (Å²) in [6.07, 6.45) is 2.27. The number of carbonyl (C=O) groups excluding carboxylic acids is 1. The van der Waals surface area contributed by atoms with Gasteiger partial charge >= 0.3 is 6.18 Å². The molecule has 1 N–H and O–H groups in total. The minimum atomic E-state index is -5.05. The number of carbonyl (C=O) groups is 1. The molecular weight excluding hydrogens is 323 g/mol. The number of amides is 1. The molecule has 0 saturated heterocycles. The van der Waals surface area contributed by atoms with Gasteiger partial charge in [-0.3, -0.25) is 4.79 Å². The number of hydrogen-bond donors (Lipinski definition) is 1. The van der Waals surface area contributed by atoms with E-state index in [9.17, 15) is 23.1 Å². The van der Waals surface area contributed by atoms with Crippen LogP contribution in [-0.2, 0) is 10.4 Å². The van der Waals surface area contributed by atoms with E-state index in [1.807, 2.05) is 0 Å². The van der Waals surface area contributed by atoms with Gasteiger partial charge < -0.3 is 14.4 Å². The largest absolute Gasteiger partial charge is 0.463 e. The van der Waals surface area contributed by atoms with Crippen molar-refractivity contribution in [1.82, 2.24) is 4.90 Å². The average Bonchev–Trinajstić information content (AvgIpc) is 3.14. The molecule has 0 bridgehead atoms. The molecule has 4 nitrogen and oxygen atoms in total. The summed E-state index contributed by atoms with van der Waals surface area (Å²) in [4.78, 5) is 13.8. The van der Waals surface area contributed by atoms with Gasteiger partial charge in [0, 0.05) is 6.04 Å². The van der Waals surface area contributed by atoms with Crippen LogP contribution in [0.3, 0.4) is 0 Å². The van der Waals surface area contributed by atoms with Crippen LogP contribution >= 0.6 is 0 Å². The Balaban J connectivity index is 2.28. The SMILES string of the molecule is C#CCN(C(=O)CC(O)(c1ccc(C)o1)C(F)(F)F)C1CCCC1. The van der Waals surface area contributed by atoms with Crippen molar-refractivity contribution in [2.24, 2.45) is 0 Å². The van der Waals surface area contributed by atoms with Crippen LogP contribution in [0.2, 0.25) is 0 Å². The lowest BCUT2D eigenvalue weighted by atomic mass is 9.94. The quantitative estimate of drug-likeness (QED) is 0.836. The highest BCUT2D eigenvalue weighted by Crippen LogP contribution is 2.43. The first-order chi connectivity index (χ1) is 11.2. The van der Waals surface area contributed by atoms with Gasteiger partial charge in [-0.1, -0.05) is 18.8 Å². The molecule has 24 heavy (non-hydrogen) atoms. The number of alkyl halides is 3. The van der Waals surface area contributed by atoms with Gasteiger partial charge in [0.1, 0.15) is 11.5 Å². The zero-order valence-corrected chi connectivity index (χ0v) is 13.4. The van der Waals surface area contributed by atoms with Crippen LogP contribution in [0.25, 0.3) is 0 Å². The Labute approximate surface area is 138 Å². The number of hydrogen-bond acceptors (Lipinski definition) is 3. The lowest BCUT2D eigenvalue weighted by Gasteiger charge is -2.33. The molecule has 2 rings (SSSR count). The lowest BCUT2D eigenvalue weighted by molar-refractivity contribution is -0.274. The third kappa shape index (κ3) is 3.59. The van der Waals surface area contributed by atoms with E-state index in [0.29, 0.717) is 12.8 Å². The number of nitrogens with zero attached hydrogens (tertiary/aromatic N) is 1. The van der Waals surface area contributed by atoms with E-state index >= 15 is 0 Å². The summed E-state index contributed by atoms with van der Waals surface area (Å²) in [5.41, 5.74) is -3.37. The summed E-state index contributed by atoms with van der Waals surface area (Å²) in [5.74, 6) is 1.02. The molecule has 1 saturated carbocycles. The molecular formula is C17H20F3NO3. The predicted octanol–water partition coefficient (Wildman–Crippen LogP) is 3.13. The van der Waals surface area contributed by atoms with Crippen molar-refractivity contribution in [1.29, 1.82) is 0 Å². The molecule has 1 heterocycles. The third-order valence-electron chi connectivity index (χ3n) is 4.37. The van der Waals surface area contributed by atoms with E-state index in [0.717, 1.165) is 18.9 Å². The highest BCUT2D eigenvalue weighted by Gasteiger charge is 2.58. The first-order valence-electron chi connectivity index (χ1n) is 7.78. The monoisotopic (exact) mass is 343 g/mol. The normalized spacial score (nSPS) is 18.2. The molecule has 1 atom stereocenters. The number of terminal acetylenes is 1. The van der Waals surface area contributed by atoms with Crippen molar-refractivity contribution in [3.63, 3.8) is 0 Å². The number of aryl methyl sites for hydroxylation is 1. The van der Waals surface area contributed by atoms with Crippen molar-refractivity contribution < 1.29 is 27.5 Å². The lowest BCUT2D eigenvalue weighted by Crippen LogP contribution is -2.48. The van der Waals surface area contributed by atoms with Crippen molar-refractivity contribution in [2.75, 3.05) is 6.54 Å². The molecule has 0 aromatic carbocycles. The Kier molecular flexibility index (Phi) is 5.29. The fourth-order valence-electron chi connectivity index (χ4n) is 3.04. The number of furan rings is 1. The average molecular weight is 343 g/mol. The van der Waals surface area contributed by atoms with Crippen molar-refractivity contribution in [3.8, 4) is 12.3 Å². The fourth-order valence-corrected chi connectivity index (χ4v) is 3.04. The van der Waals surface area contributed by atoms with Gasteiger partial charge in [0.2, 0.25) is 11.5 Å². The summed E-state index contributed by atoms with van der Waals surface area (Å²) >= 11 is 0. The van der Waals surface area contributed by atoms with Crippen LogP contribution in [-0.4, -0.2) is 34.7 Å². The molecule has 132 valence electrons. The van der Waals surface area contributed by atoms with E-state index < -0.39 is 29.9 Å². The zero-order valence-electron chi connectivity index (χ0n) is 13.4. The molecule has 1 unspecified atom stereocenters. The Morgan fingerprint density at radius 1 is 1.42 bits per heavy atom. The molecule has 0 spiro atoms. The smallest absolute Gasteiger partial charge is 0.425 e. The summed E-state index contributed by atoms with van der Waals surface area (Å²) in [6.45, 7) is 1.39. The summed E-state index contributed by atoms with van der Waals surface area (Å²) < 4.78 is 45.4. The van der Waals surface area contributed by atoms with Crippen LogP contribution in [0.5, 0.6) is 0 Å². The maximum atomic E-state index is 13.5. The van der Waals surface area contributed by atoms with E-state index in [-0.39, 0.29) is 18.3 Å². The zero-order chi connectivity index (χ0) is 18.0. The second kappa shape index (κ2) is 6.89. The summed E-state index contributed by atoms with van der Waals surface area (Å²) in [6, 6.07) is 2.17. The number of aliphatic hydroxyl groups is 1. The molecule has 1 amide bonds. The summed E-state index contributed by atoms with van der Waals surface area (Å²) in [7, 11) is 0. The maximum Gasteiger partial charge on any atom is 0.425 e. The van der Waals surface area contributed by atoms with Gasteiger partial charge in [0.15, 0.2) is 0 Å². The van der Waals surface area contributed by atoms with Gasteiger partial charge in [-0.2, -0.15) is 13.2 Å². The summed E-state index contributed by atoms with van der Waals surface area (Å²) in [5, 5.41) is 10.2. The van der Waals surface area contributed by atoms with Crippen LogP contribution < -0.4 is 0 Å². The Morgan fingerprint density at radius 3 is 2.50 bits per heavy atom. The van der Waals surface area contributed by atoms with Crippen molar-refractivity contribution >= 4 is 5.91 Å². The molecule has 1 fully saturated rings. The molecule has 1 aliphatic carbocycles. The molecule has 0 aliphatic heterocycles. The second-order valence-electron chi connectivity index (χ2n) is 6.11. The fraction of sp³-hybridized carbons (Fsp3) is 0.588. The van der Waals surface area contributed by atoms with Crippen LogP contribution in [0.4, 0.5) is 13.2 Å². The van der Waals surface area contributed by atoms with Crippen LogP contribution in [0.15, 0.2) is 16.5 Å². The molecule has 0 radical (unpaired) electrons. The predicted molar refractivity (Wildman–Crippen MR) is 80.8 cm³/mol. The minimum absolute atomic E-state index is 0.0748. The van der Waals surface area contributed by atoms with Gasteiger partial charge in [-0.15, -0.1) is 6.42 Å². The number of rotatable bonds is 5. The Morgan fingerprint density at radius 2 is 2.04 bits per heavy atom. The highest BCUT2D eigenvalue weighted by atomic mass is 19.4. The maximum absolute atomic E-state index is 13.5. The van der Waals surface area contributed by atoms with Crippen molar-refractivity contribution in [2.45, 2.75) is 56.8 Å². The van der Waals surface area contributed by atoms with E-state index in [1.54, 1.807) is 0 Å². The minimum Gasteiger partial charge on any atom is -0.463 e. The van der Waals surface area contributed by atoms with E-state index in [4.69, 9.17) is 10.8 Å². The van der Waals surface area contributed by atoms with Crippen LogP contribution in [0.1, 0.15) is 43.6 Å². The topological polar surface area (TPSA) is 53.7 Å². The van der Waals surface area contributed by atoms with Gasteiger partial charge in [0.05, 0.1) is 13.0 Å². The first kappa shape index (κ1) is 18.4. The standard InChI is InChI=1S/C17H20F3NO3/c1-3-10-21(13-6-4-5-7-13)15(22)11-16(23,17(18,19)20)14-9-8-12(2)24-14/h1,8-9,13,23H,4-7,10-11H2,2H3. The number of halogens is 3. The van der Waals surface area contributed by atoms with Crippen LogP contribution in [0, 0.1) is 19.3 Å². The van der Waals surface area contributed by atoms with Gasteiger partial charge in [-0.25, -0.2) is 0 Å². The van der Waals surface area contributed by atoms with Gasteiger partial charge in [-0.05, 0) is 31.9 Å². The molecule has 7 heteroatoms.